The minimum absolute atomic E-state index is 0.0660. The molecule has 1 aliphatic rings. The number of nitrogens with zero attached hydrogens (tertiary/aromatic N) is 5. The molecule has 1 saturated heterocycles. The van der Waals surface area contributed by atoms with Gasteiger partial charge in [0.15, 0.2) is 5.82 Å². The van der Waals surface area contributed by atoms with E-state index in [1.807, 2.05) is 0 Å². The maximum absolute atomic E-state index is 14.7. The van der Waals surface area contributed by atoms with Gasteiger partial charge in [-0.1, -0.05) is 72.0 Å². The molecule has 0 aliphatic carbocycles. The molecular weight excluding hydrogens is 800 g/mol. The Morgan fingerprint density at radius 1 is 1.07 bits per heavy atom. The lowest BCUT2D eigenvalue weighted by Crippen LogP contribution is -2.34. The van der Waals surface area contributed by atoms with Crippen molar-refractivity contribution in [1.29, 1.82) is 0 Å². The summed E-state index contributed by atoms with van der Waals surface area (Å²) >= 11 is 0. The normalized spacial score (nSPS) is 16.5. The van der Waals surface area contributed by atoms with E-state index in [4.69, 9.17) is 24.2 Å². The number of hydrogen-bond acceptors (Lipinski definition) is 15. The lowest BCUT2D eigenvalue weighted by molar-refractivity contribution is -0.279. The third-order valence-corrected chi connectivity index (χ3v) is 9.36. The molecule has 310 valence electrons. The molecular formula is C34H43F2N6O13P2+. The van der Waals surface area contributed by atoms with E-state index in [9.17, 15) is 37.9 Å². The molecule has 0 radical (unpaired) electrons. The van der Waals surface area contributed by atoms with Crippen LogP contribution in [0.5, 0.6) is 5.75 Å². The number of nitrogens with one attached hydrogen (secondary N) is 1. The van der Waals surface area contributed by atoms with Gasteiger partial charge in [-0.25, -0.2) is 9.59 Å². The predicted molar refractivity (Wildman–Crippen MR) is 194 cm³/mol. The summed E-state index contributed by atoms with van der Waals surface area (Å²) in [5.41, 5.74) is -0.395. The van der Waals surface area contributed by atoms with E-state index in [-0.39, 0.29) is 41.8 Å². The summed E-state index contributed by atoms with van der Waals surface area (Å²) in [5.74, 6) is -6.94. The quantitative estimate of drug-likeness (QED) is 0.0261. The Balaban J connectivity index is 1.14. The number of aliphatic hydroxyl groups is 2. The SMILES string of the molecule is O=C(NCCCC(O)(OP(O)O)O[P+](=O)O)Oc1ccccc1C(=O)OCn1nnc(CCCCCCN2C(=O)CC[C@@H]2/C=C/[C@@H](O)C(F)(F)c2ccccc2)n1. The maximum Gasteiger partial charge on any atom is 0.700 e. The van der Waals surface area contributed by atoms with Crippen LogP contribution in [-0.4, -0.2) is 99.2 Å². The first-order chi connectivity index (χ1) is 27.2. The summed E-state index contributed by atoms with van der Waals surface area (Å²) in [7, 11) is -6.51. The first-order valence-electron chi connectivity index (χ1n) is 17.7. The number of hydrogen-bond donors (Lipinski definition) is 6. The summed E-state index contributed by atoms with van der Waals surface area (Å²) < 4.78 is 59.3. The monoisotopic (exact) mass is 843 g/mol. The van der Waals surface area contributed by atoms with Gasteiger partial charge in [-0.15, -0.1) is 19.9 Å². The first kappa shape index (κ1) is 45.3. The van der Waals surface area contributed by atoms with E-state index in [0.717, 1.165) is 23.7 Å². The molecule has 4 rings (SSSR count). The van der Waals surface area contributed by atoms with Crippen LogP contribution >= 0.6 is 16.9 Å². The number of benzene rings is 2. The molecule has 57 heavy (non-hydrogen) atoms. The molecule has 2 aromatic carbocycles. The van der Waals surface area contributed by atoms with Gasteiger partial charge in [0.2, 0.25) is 12.6 Å². The molecule has 6 N–H and O–H groups in total. The number of alkyl halides is 2. The van der Waals surface area contributed by atoms with Crippen molar-refractivity contribution in [2.75, 3.05) is 13.1 Å². The second-order valence-electron chi connectivity index (χ2n) is 12.6. The number of rotatable bonds is 23. The second kappa shape index (κ2) is 21.9. The van der Waals surface area contributed by atoms with Gasteiger partial charge in [0.25, 0.3) is 0 Å². The van der Waals surface area contributed by atoms with Crippen LogP contribution in [0.2, 0.25) is 0 Å². The van der Waals surface area contributed by atoms with Gasteiger partial charge in [-0.05, 0) is 43.0 Å². The van der Waals surface area contributed by atoms with E-state index < -0.39 is 60.1 Å². The zero-order valence-electron chi connectivity index (χ0n) is 30.4. The zero-order chi connectivity index (χ0) is 41.4. The average Bonchev–Trinajstić information content (AvgIpc) is 3.77. The van der Waals surface area contributed by atoms with E-state index >= 15 is 0 Å². The molecule has 0 bridgehead atoms. The van der Waals surface area contributed by atoms with E-state index in [0.29, 0.717) is 44.5 Å². The number of aryl methyl sites for hydroxylation is 1. The van der Waals surface area contributed by atoms with Crippen LogP contribution in [-0.2, 0) is 42.2 Å². The molecule has 0 spiro atoms. The van der Waals surface area contributed by atoms with Crippen molar-refractivity contribution >= 4 is 34.8 Å². The summed E-state index contributed by atoms with van der Waals surface area (Å²) in [6.07, 6.45) is 3.04. The minimum Gasteiger partial charge on any atom is -0.437 e. The van der Waals surface area contributed by atoms with Crippen molar-refractivity contribution in [3.8, 4) is 5.75 Å². The Morgan fingerprint density at radius 3 is 2.53 bits per heavy atom. The number of unbranched alkanes of at least 4 members (excludes halogenated alkanes) is 3. The fraction of sp³-hybridized carbons (Fsp3) is 0.471. The number of aromatic nitrogens is 4. The number of likely N-dealkylation sites (tertiary alicyclic amines) is 1. The number of ether oxygens (including phenoxy) is 2. The highest BCUT2D eigenvalue weighted by Gasteiger charge is 2.42. The van der Waals surface area contributed by atoms with Crippen LogP contribution in [0.3, 0.4) is 0 Å². The van der Waals surface area contributed by atoms with Crippen LogP contribution in [0.15, 0.2) is 66.7 Å². The Hall–Kier alpha value is -4.43. The standard InChI is InChI=1S/C34H42F2N6O13P2/c35-34(36,24-11-4-3-5-12-24)28(43)18-16-25-17-19-30(44)41(25)22-9-2-1-6-15-29-38-40-42(39-29)23-52-31(45)26-13-7-8-14-27(26)53-32(46)37-21-10-20-33(47,54-56(48)49)55-57(50)51/h3-5,7-8,11-14,16,18,25,28,43,47-49H,1-2,6,9-10,15,17,19-23H2,(H-,37,46,50,51)/p+1/b18-16+/t25-,28+,33?/m0/s1. The van der Waals surface area contributed by atoms with Gasteiger partial charge in [0.1, 0.15) is 17.4 Å². The maximum atomic E-state index is 14.7. The van der Waals surface area contributed by atoms with Crippen LogP contribution in [0.1, 0.15) is 73.1 Å². The topological polar surface area (TPSA) is 265 Å². The summed E-state index contributed by atoms with van der Waals surface area (Å²) in [4.78, 5) is 67.1. The third-order valence-electron chi connectivity index (χ3n) is 8.47. The van der Waals surface area contributed by atoms with Crippen molar-refractivity contribution in [3.63, 3.8) is 0 Å². The van der Waals surface area contributed by atoms with Crippen molar-refractivity contribution in [2.45, 2.75) is 88.6 Å². The van der Waals surface area contributed by atoms with E-state index in [1.54, 1.807) is 11.0 Å². The second-order valence-corrected chi connectivity index (χ2v) is 14.0. The molecule has 0 saturated carbocycles. The summed E-state index contributed by atoms with van der Waals surface area (Å²) in [6.45, 7) is -0.139. The number of carbonyl (C=O) groups is 3. The van der Waals surface area contributed by atoms with E-state index in [1.165, 1.54) is 54.6 Å². The molecule has 19 nitrogen and oxygen atoms in total. The van der Waals surface area contributed by atoms with Crippen molar-refractivity contribution in [3.05, 3.63) is 83.7 Å². The number of halogens is 2. The molecule has 23 heteroatoms. The van der Waals surface area contributed by atoms with Crippen molar-refractivity contribution in [1.82, 2.24) is 30.4 Å². The van der Waals surface area contributed by atoms with Gasteiger partial charge in [-0.3, -0.25) is 9.32 Å². The number of amides is 2. The van der Waals surface area contributed by atoms with Gasteiger partial charge < -0.3 is 39.7 Å². The number of para-hydroxylation sites is 1. The Kier molecular flexibility index (Phi) is 17.4. The lowest BCUT2D eigenvalue weighted by atomic mass is 10.0. The van der Waals surface area contributed by atoms with Gasteiger partial charge >= 0.3 is 40.8 Å². The Bertz CT molecular complexity index is 1830. The lowest BCUT2D eigenvalue weighted by Gasteiger charge is -2.24. The van der Waals surface area contributed by atoms with Gasteiger partial charge in [-0.2, -0.15) is 8.78 Å². The fourth-order valence-corrected chi connectivity index (χ4v) is 6.51. The number of aliphatic hydroxyl groups excluding tert-OH is 1. The summed E-state index contributed by atoms with van der Waals surface area (Å²) in [5, 5.41) is 34.6. The molecule has 1 aliphatic heterocycles. The van der Waals surface area contributed by atoms with Crippen LogP contribution in [0.25, 0.3) is 0 Å². The largest absolute Gasteiger partial charge is 0.700 e. The molecule has 1 aromatic heterocycles. The zero-order valence-corrected chi connectivity index (χ0v) is 32.2. The number of esters is 1. The summed E-state index contributed by atoms with van der Waals surface area (Å²) in [6, 6.07) is 12.4. The molecule has 2 amide bonds. The molecule has 4 atom stereocenters. The third kappa shape index (κ3) is 14.5. The highest BCUT2D eigenvalue weighted by Crippen LogP contribution is 2.39. The van der Waals surface area contributed by atoms with Crippen LogP contribution in [0, 0.1) is 0 Å². The Labute approximate surface area is 327 Å². The van der Waals surface area contributed by atoms with Crippen molar-refractivity contribution in [2.24, 2.45) is 0 Å². The molecule has 2 unspecified atom stereocenters. The van der Waals surface area contributed by atoms with E-state index in [2.05, 4.69) is 29.8 Å². The van der Waals surface area contributed by atoms with Crippen LogP contribution < -0.4 is 10.1 Å². The van der Waals surface area contributed by atoms with Crippen molar-refractivity contribution < 1.29 is 71.1 Å². The van der Waals surface area contributed by atoms with Gasteiger partial charge in [0.05, 0.1) is 6.04 Å². The number of carbonyl (C=O) groups excluding carboxylic acids is 3. The van der Waals surface area contributed by atoms with Crippen LogP contribution in [0.4, 0.5) is 13.6 Å². The number of tetrazole rings is 1. The first-order valence-corrected chi connectivity index (χ1v) is 20.0. The fourth-order valence-electron chi connectivity index (χ4n) is 5.70. The minimum atomic E-state index is -3.47. The molecule has 3 aromatic rings. The highest BCUT2D eigenvalue weighted by atomic mass is 31.2. The average molecular weight is 844 g/mol. The molecule has 1 fully saturated rings. The molecule has 2 heterocycles. The smallest absolute Gasteiger partial charge is 0.437 e. The predicted octanol–water partition coefficient (Wildman–Crippen LogP) is 3.70. The van der Waals surface area contributed by atoms with Gasteiger partial charge in [0, 0.05) is 42.5 Å². The Morgan fingerprint density at radius 2 is 1.79 bits per heavy atom. The highest BCUT2D eigenvalue weighted by molar-refractivity contribution is 7.39.